The van der Waals surface area contributed by atoms with Gasteiger partial charge in [-0.3, -0.25) is 4.79 Å². The molecule has 0 radical (unpaired) electrons. The van der Waals surface area contributed by atoms with Gasteiger partial charge in [-0.25, -0.2) is 4.98 Å². The monoisotopic (exact) mass is 477 g/mol. The van der Waals surface area contributed by atoms with E-state index in [-0.39, 0.29) is 11.4 Å². The summed E-state index contributed by atoms with van der Waals surface area (Å²) < 4.78 is 41.4. The van der Waals surface area contributed by atoms with Crippen LogP contribution in [0.15, 0.2) is 74.3 Å². The molecule has 4 rings (SSSR count). The van der Waals surface area contributed by atoms with Crippen LogP contribution in [0.1, 0.15) is 10.4 Å². The molecule has 9 heteroatoms. The molecule has 2 aromatic heterocycles. The lowest BCUT2D eigenvalue weighted by Gasteiger charge is -2.12. The van der Waals surface area contributed by atoms with Crippen LogP contribution < -0.4 is 5.56 Å². The Hall–Kier alpha value is -2.78. The van der Waals surface area contributed by atoms with Crippen molar-refractivity contribution in [2.45, 2.75) is 6.18 Å². The van der Waals surface area contributed by atoms with E-state index in [4.69, 9.17) is 0 Å². The van der Waals surface area contributed by atoms with Gasteiger partial charge in [-0.2, -0.15) is 22.9 Å². The molecule has 0 aliphatic rings. The standard InChI is InChI=1S/C20H11BrF3N3OS/c21-17-9-8-14(29-17)11-25-27-18(12-4-3-5-13(10-12)20(22,23)24)26-16-7-2-1-6-15(16)19(27)28/h1-11H. The molecule has 0 aliphatic carbocycles. The SMILES string of the molecule is O=c1c2ccccc2nc(-c2cccc(C(F)(F)F)c2)n1N=Cc1ccc(Br)s1. The summed E-state index contributed by atoms with van der Waals surface area (Å²) in [5.74, 6) is 0.0340. The van der Waals surface area contributed by atoms with E-state index in [0.717, 1.165) is 25.5 Å². The zero-order valence-electron chi connectivity index (χ0n) is 14.5. The van der Waals surface area contributed by atoms with Crippen LogP contribution in [0.2, 0.25) is 0 Å². The van der Waals surface area contributed by atoms with Gasteiger partial charge in [-0.1, -0.05) is 24.3 Å². The number of alkyl halides is 3. The minimum Gasteiger partial charge on any atom is -0.267 e. The highest BCUT2D eigenvalue weighted by Gasteiger charge is 2.30. The molecule has 146 valence electrons. The molecule has 0 amide bonds. The van der Waals surface area contributed by atoms with Gasteiger partial charge in [0.15, 0.2) is 5.82 Å². The number of halogens is 4. The van der Waals surface area contributed by atoms with Crippen molar-refractivity contribution in [3.8, 4) is 11.4 Å². The molecular weight excluding hydrogens is 467 g/mol. The van der Waals surface area contributed by atoms with Crippen LogP contribution in [-0.2, 0) is 6.18 Å². The van der Waals surface area contributed by atoms with Crippen molar-refractivity contribution in [2.24, 2.45) is 5.10 Å². The van der Waals surface area contributed by atoms with E-state index < -0.39 is 17.3 Å². The molecule has 0 unspecified atom stereocenters. The number of rotatable bonds is 3. The van der Waals surface area contributed by atoms with Crippen LogP contribution in [0.4, 0.5) is 13.2 Å². The average molecular weight is 478 g/mol. The minimum absolute atomic E-state index is 0.0340. The molecule has 29 heavy (non-hydrogen) atoms. The fourth-order valence-electron chi connectivity index (χ4n) is 2.76. The second kappa shape index (κ2) is 7.57. The van der Waals surface area contributed by atoms with Crippen LogP contribution in [0.5, 0.6) is 0 Å². The van der Waals surface area contributed by atoms with Crippen molar-refractivity contribution in [1.29, 1.82) is 0 Å². The quantitative estimate of drug-likeness (QED) is 0.350. The van der Waals surface area contributed by atoms with Crippen LogP contribution >= 0.6 is 27.3 Å². The molecule has 2 aromatic carbocycles. The molecule has 0 N–H and O–H groups in total. The number of hydrogen-bond donors (Lipinski definition) is 0. The number of nitrogens with zero attached hydrogens (tertiary/aromatic N) is 3. The maximum absolute atomic E-state index is 13.2. The number of para-hydroxylation sites is 1. The van der Waals surface area contributed by atoms with Gasteiger partial charge in [0.2, 0.25) is 0 Å². The first-order valence-corrected chi connectivity index (χ1v) is 9.93. The van der Waals surface area contributed by atoms with Gasteiger partial charge in [0.1, 0.15) is 0 Å². The Morgan fingerprint density at radius 3 is 2.59 bits per heavy atom. The van der Waals surface area contributed by atoms with E-state index in [1.807, 2.05) is 12.1 Å². The smallest absolute Gasteiger partial charge is 0.267 e. The first kappa shape index (κ1) is 19.5. The van der Waals surface area contributed by atoms with Gasteiger partial charge in [0.25, 0.3) is 5.56 Å². The Kier molecular flexibility index (Phi) is 5.10. The largest absolute Gasteiger partial charge is 0.416 e. The topological polar surface area (TPSA) is 47.2 Å². The Labute approximate surface area is 175 Å². The molecule has 0 atom stereocenters. The zero-order valence-corrected chi connectivity index (χ0v) is 16.9. The van der Waals surface area contributed by atoms with E-state index in [2.05, 4.69) is 26.0 Å². The summed E-state index contributed by atoms with van der Waals surface area (Å²) in [6, 6.07) is 15.0. The van der Waals surface area contributed by atoms with Gasteiger partial charge >= 0.3 is 6.18 Å². The second-order valence-corrected chi connectivity index (χ2v) is 8.53. The summed E-state index contributed by atoms with van der Waals surface area (Å²) in [7, 11) is 0. The lowest BCUT2D eigenvalue weighted by Crippen LogP contribution is -2.20. The Morgan fingerprint density at radius 2 is 1.86 bits per heavy atom. The zero-order chi connectivity index (χ0) is 20.6. The maximum atomic E-state index is 13.2. The normalized spacial score (nSPS) is 12.1. The number of hydrogen-bond acceptors (Lipinski definition) is 4. The first-order valence-electron chi connectivity index (χ1n) is 8.32. The highest BCUT2D eigenvalue weighted by Crippen LogP contribution is 2.32. The van der Waals surface area contributed by atoms with Crippen molar-refractivity contribution in [3.05, 3.63) is 85.2 Å². The van der Waals surface area contributed by atoms with E-state index in [1.165, 1.54) is 29.7 Å². The van der Waals surface area contributed by atoms with Gasteiger partial charge in [0, 0.05) is 10.4 Å². The average Bonchev–Trinajstić information content (AvgIpc) is 3.12. The van der Waals surface area contributed by atoms with Crippen molar-refractivity contribution >= 4 is 44.4 Å². The van der Waals surface area contributed by atoms with E-state index in [1.54, 1.807) is 24.3 Å². The van der Waals surface area contributed by atoms with Gasteiger partial charge in [0.05, 0.1) is 26.5 Å². The molecule has 0 spiro atoms. The fourth-order valence-corrected chi connectivity index (χ4v) is 4.05. The summed E-state index contributed by atoms with van der Waals surface area (Å²) in [4.78, 5) is 18.2. The van der Waals surface area contributed by atoms with Crippen LogP contribution in [0, 0.1) is 0 Å². The van der Waals surface area contributed by atoms with Crippen molar-refractivity contribution in [2.75, 3.05) is 0 Å². The Morgan fingerprint density at radius 1 is 1.07 bits per heavy atom. The molecule has 2 heterocycles. The lowest BCUT2D eigenvalue weighted by molar-refractivity contribution is -0.137. The van der Waals surface area contributed by atoms with Gasteiger partial charge < -0.3 is 0 Å². The summed E-state index contributed by atoms with van der Waals surface area (Å²) >= 11 is 4.76. The molecule has 0 saturated carbocycles. The van der Waals surface area contributed by atoms with Crippen LogP contribution in [0.25, 0.3) is 22.3 Å². The Balaban J connectivity index is 1.95. The fraction of sp³-hybridized carbons (Fsp3) is 0.0500. The molecule has 0 saturated heterocycles. The van der Waals surface area contributed by atoms with E-state index in [0.29, 0.717) is 10.9 Å². The number of aromatic nitrogens is 2. The molecule has 0 aliphatic heterocycles. The lowest BCUT2D eigenvalue weighted by atomic mass is 10.1. The van der Waals surface area contributed by atoms with Crippen LogP contribution in [-0.4, -0.2) is 15.9 Å². The summed E-state index contributed by atoms with van der Waals surface area (Å²) in [6.07, 6.45) is -3.03. The third kappa shape index (κ3) is 4.01. The number of thiophene rings is 1. The molecular formula is C20H11BrF3N3OS. The molecule has 0 fully saturated rings. The summed E-state index contributed by atoms with van der Waals surface area (Å²) in [5.41, 5.74) is -0.757. The van der Waals surface area contributed by atoms with Crippen molar-refractivity contribution in [3.63, 3.8) is 0 Å². The van der Waals surface area contributed by atoms with E-state index in [9.17, 15) is 18.0 Å². The van der Waals surface area contributed by atoms with Gasteiger partial charge in [-0.15, -0.1) is 11.3 Å². The third-order valence-electron chi connectivity index (χ3n) is 4.10. The number of benzene rings is 2. The molecule has 0 bridgehead atoms. The second-order valence-electron chi connectivity index (χ2n) is 6.03. The van der Waals surface area contributed by atoms with Crippen molar-refractivity contribution < 1.29 is 13.2 Å². The van der Waals surface area contributed by atoms with Crippen LogP contribution in [0.3, 0.4) is 0 Å². The van der Waals surface area contributed by atoms with E-state index >= 15 is 0 Å². The summed E-state index contributed by atoms with van der Waals surface area (Å²) in [6.45, 7) is 0. The van der Waals surface area contributed by atoms with Gasteiger partial charge in [-0.05, 0) is 52.3 Å². The predicted molar refractivity (Wildman–Crippen MR) is 111 cm³/mol. The Bertz CT molecular complexity index is 1290. The highest BCUT2D eigenvalue weighted by atomic mass is 79.9. The number of fused-ring (bicyclic) bond motifs is 1. The molecule has 4 nitrogen and oxygen atoms in total. The minimum atomic E-state index is -4.51. The third-order valence-corrected chi connectivity index (χ3v) is 5.65. The highest BCUT2D eigenvalue weighted by molar-refractivity contribution is 9.11. The predicted octanol–water partition coefficient (Wildman–Crippen LogP) is 5.79. The molecule has 4 aromatic rings. The summed E-state index contributed by atoms with van der Waals surface area (Å²) in [5, 5.41) is 4.56. The first-order chi connectivity index (χ1) is 13.8. The van der Waals surface area contributed by atoms with Crippen molar-refractivity contribution in [1.82, 2.24) is 9.66 Å². The maximum Gasteiger partial charge on any atom is 0.416 e.